The molecule has 0 atom stereocenters. The Hall–Kier alpha value is -2.15. The van der Waals surface area contributed by atoms with Crippen molar-refractivity contribution in [3.05, 3.63) is 47.5 Å². The summed E-state index contributed by atoms with van der Waals surface area (Å²) in [5.74, 6) is 0. The van der Waals surface area contributed by atoms with Crippen molar-refractivity contribution < 1.29 is 13.2 Å². The van der Waals surface area contributed by atoms with E-state index < -0.39 is 5.51 Å². The van der Waals surface area contributed by atoms with Crippen LogP contribution in [0.3, 0.4) is 0 Å². The van der Waals surface area contributed by atoms with Gasteiger partial charge in [-0.05, 0) is 67.9 Å². The Labute approximate surface area is 162 Å². The summed E-state index contributed by atoms with van der Waals surface area (Å²) in [6.45, 7) is 6.79. The summed E-state index contributed by atoms with van der Waals surface area (Å²) in [7, 11) is 3.73. The van der Waals surface area contributed by atoms with E-state index in [1.54, 1.807) is 36.5 Å². The SMILES string of the molecule is CCN(C)C=Nc1cc(C)c(N(C)c2ccccc2SC(F)(F)F)cc1C. The average Bonchev–Trinajstić information content (AvgIpc) is 2.60. The number of halogens is 3. The van der Waals surface area contributed by atoms with Crippen molar-refractivity contribution in [3.8, 4) is 0 Å². The van der Waals surface area contributed by atoms with Gasteiger partial charge in [0.2, 0.25) is 0 Å². The summed E-state index contributed by atoms with van der Waals surface area (Å²) in [4.78, 5) is 8.45. The quantitative estimate of drug-likeness (QED) is 0.325. The summed E-state index contributed by atoms with van der Waals surface area (Å²) in [5, 5.41) is 0. The number of alkyl halides is 3. The third-order valence-electron chi connectivity index (χ3n) is 4.22. The monoisotopic (exact) mass is 395 g/mol. The Morgan fingerprint density at radius 3 is 2.33 bits per heavy atom. The molecule has 2 aromatic carbocycles. The molecule has 27 heavy (non-hydrogen) atoms. The van der Waals surface area contributed by atoms with E-state index in [-0.39, 0.29) is 16.7 Å². The van der Waals surface area contributed by atoms with Crippen LogP contribution >= 0.6 is 11.8 Å². The topological polar surface area (TPSA) is 18.8 Å². The minimum atomic E-state index is -4.33. The smallest absolute Gasteiger partial charge is 0.366 e. The molecular formula is C20H24F3N3S. The fourth-order valence-corrected chi connectivity index (χ4v) is 3.31. The number of aliphatic imine (C=N–C) groups is 1. The molecule has 7 heteroatoms. The van der Waals surface area contributed by atoms with Gasteiger partial charge in [0.1, 0.15) is 0 Å². The lowest BCUT2D eigenvalue weighted by Crippen LogP contribution is -2.14. The van der Waals surface area contributed by atoms with Crippen molar-refractivity contribution in [2.75, 3.05) is 25.5 Å². The molecule has 3 nitrogen and oxygen atoms in total. The van der Waals surface area contributed by atoms with Crippen molar-refractivity contribution in [2.45, 2.75) is 31.2 Å². The number of hydrogen-bond donors (Lipinski definition) is 0. The van der Waals surface area contributed by atoms with Crippen LogP contribution in [0.2, 0.25) is 0 Å². The molecule has 0 aliphatic rings. The van der Waals surface area contributed by atoms with E-state index >= 15 is 0 Å². The predicted molar refractivity (Wildman–Crippen MR) is 109 cm³/mol. The normalized spacial score (nSPS) is 11.9. The number of hydrogen-bond acceptors (Lipinski definition) is 3. The van der Waals surface area contributed by atoms with Gasteiger partial charge in [0.15, 0.2) is 0 Å². The van der Waals surface area contributed by atoms with Crippen LogP contribution < -0.4 is 4.90 Å². The second-order valence-corrected chi connectivity index (χ2v) is 7.42. The predicted octanol–water partition coefficient (Wildman–Crippen LogP) is 6.29. The first-order chi connectivity index (χ1) is 12.6. The fraction of sp³-hybridized carbons (Fsp3) is 0.350. The summed E-state index contributed by atoms with van der Waals surface area (Å²) in [6, 6.07) is 10.5. The maximum absolute atomic E-state index is 12.9. The highest BCUT2D eigenvalue weighted by molar-refractivity contribution is 8.00. The molecular weight excluding hydrogens is 371 g/mol. The summed E-state index contributed by atoms with van der Waals surface area (Å²) in [5.41, 5.74) is -0.200. The molecule has 0 aliphatic carbocycles. The third-order valence-corrected chi connectivity index (χ3v) is 5.02. The number of anilines is 2. The maximum atomic E-state index is 12.9. The van der Waals surface area contributed by atoms with Crippen LogP contribution in [0, 0.1) is 13.8 Å². The molecule has 0 saturated heterocycles. The van der Waals surface area contributed by atoms with Crippen LogP contribution in [0.5, 0.6) is 0 Å². The first-order valence-corrected chi connectivity index (χ1v) is 9.38. The van der Waals surface area contributed by atoms with E-state index in [4.69, 9.17) is 0 Å². The third kappa shape index (κ3) is 5.66. The van der Waals surface area contributed by atoms with Gasteiger partial charge in [0, 0.05) is 31.2 Å². The molecule has 0 spiro atoms. The van der Waals surface area contributed by atoms with Gasteiger partial charge in [-0.25, -0.2) is 4.99 Å². The highest BCUT2D eigenvalue weighted by Crippen LogP contribution is 2.43. The molecule has 0 amide bonds. The number of nitrogens with zero attached hydrogens (tertiary/aromatic N) is 3. The van der Waals surface area contributed by atoms with Crippen LogP contribution in [-0.2, 0) is 0 Å². The molecule has 0 unspecified atom stereocenters. The Kier molecular flexibility index (Phi) is 6.81. The zero-order chi connectivity index (χ0) is 20.2. The average molecular weight is 395 g/mol. The van der Waals surface area contributed by atoms with E-state index in [1.165, 1.54) is 6.07 Å². The Morgan fingerprint density at radius 2 is 1.70 bits per heavy atom. The number of benzene rings is 2. The maximum Gasteiger partial charge on any atom is 0.446 e. The number of para-hydroxylation sites is 1. The summed E-state index contributed by atoms with van der Waals surface area (Å²) < 4.78 is 38.7. The number of thioether (sulfide) groups is 1. The zero-order valence-electron chi connectivity index (χ0n) is 16.1. The van der Waals surface area contributed by atoms with Crippen molar-refractivity contribution in [1.82, 2.24) is 4.90 Å². The lowest BCUT2D eigenvalue weighted by atomic mass is 10.1. The summed E-state index contributed by atoms with van der Waals surface area (Å²) >= 11 is -0.0933. The van der Waals surface area contributed by atoms with E-state index in [1.807, 2.05) is 44.9 Å². The van der Waals surface area contributed by atoms with E-state index in [9.17, 15) is 13.2 Å². The van der Waals surface area contributed by atoms with Gasteiger partial charge in [-0.15, -0.1) is 0 Å². The lowest BCUT2D eigenvalue weighted by Gasteiger charge is -2.25. The molecule has 0 bridgehead atoms. The highest BCUT2D eigenvalue weighted by atomic mass is 32.2. The Morgan fingerprint density at radius 1 is 1.04 bits per heavy atom. The molecule has 0 N–H and O–H groups in total. The number of rotatable bonds is 6. The molecule has 0 radical (unpaired) electrons. The van der Waals surface area contributed by atoms with Gasteiger partial charge >= 0.3 is 5.51 Å². The number of aryl methyl sites for hydroxylation is 2. The molecule has 0 saturated carbocycles. The van der Waals surface area contributed by atoms with E-state index in [0.717, 1.165) is 29.0 Å². The van der Waals surface area contributed by atoms with Crippen molar-refractivity contribution >= 4 is 35.2 Å². The standard InChI is InChI=1S/C20H24F3N3S/c1-6-25(4)13-24-16-11-15(3)18(12-14(16)2)26(5)17-9-7-8-10-19(17)27-20(21,22)23/h7-13H,6H2,1-5H3. The minimum absolute atomic E-state index is 0.0933. The first kappa shape index (κ1) is 21.2. The second kappa shape index (κ2) is 8.69. The van der Waals surface area contributed by atoms with E-state index in [0.29, 0.717) is 5.69 Å². The van der Waals surface area contributed by atoms with Crippen LogP contribution in [0.15, 0.2) is 46.3 Å². The Bertz CT molecular complexity index is 819. The van der Waals surface area contributed by atoms with Crippen molar-refractivity contribution in [2.24, 2.45) is 4.99 Å². The molecule has 146 valence electrons. The van der Waals surface area contributed by atoms with Gasteiger partial charge in [-0.2, -0.15) is 13.2 Å². The molecule has 2 aromatic rings. The molecule has 0 heterocycles. The van der Waals surface area contributed by atoms with Crippen LogP contribution in [-0.4, -0.2) is 37.4 Å². The van der Waals surface area contributed by atoms with Gasteiger partial charge < -0.3 is 9.80 Å². The van der Waals surface area contributed by atoms with Gasteiger partial charge in [-0.3, -0.25) is 0 Å². The summed E-state index contributed by atoms with van der Waals surface area (Å²) in [6.07, 6.45) is 1.78. The van der Waals surface area contributed by atoms with Gasteiger partial charge in [-0.1, -0.05) is 12.1 Å². The van der Waals surface area contributed by atoms with Crippen molar-refractivity contribution in [1.29, 1.82) is 0 Å². The van der Waals surface area contributed by atoms with Gasteiger partial charge in [0.05, 0.1) is 17.7 Å². The fourth-order valence-electron chi connectivity index (χ4n) is 2.60. The lowest BCUT2D eigenvalue weighted by molar-refractivity contribution is -0.0328. The Balaban J connectivity index is 2.39. The van der Waals surface area contributed by atoms with Crippen LogP contribution in [0.1, 0.15) is 18.1 Å². The zero-order valence-corrected chi connectivity index (χ0v) is 16.9. The molecule has 0 fully saturated rings. The highest BCUT2D eigenvalue weighted by Gasteiger charge is 2.31. The second-order valence-electron chi connectivity index (χ2n) is 6.32. The van der Waals surface area contributed by atoms with Gasteiger partial charge in [0.25, 0.3) is 0 Å². The van der Waals surface area contributed by atoms with Crippen LogP contribution in [0.4, 0.5) is 30.2 Å². The largest absolute Gasteiger partial charge is 0.446 e. The molecule has 2 rings (SSSR count). The van der Waals surface area contributed by atoms with E-state index in [2.05, 4.69) is 4.99 Å². The molecule has 0 aromatic heterocycles. The van der Waals surface area contributed by atoms with Crippen LogP contribution in [0.25, 0.3) is 0 Å². The van der Waals surface area contributed by atoms with Crippen molar-refractivity contribution in [3.63, 3.8) is 0 Å². The minimum Gasteiger partial charge on any atom is -0.366 e. The first-order valence-electron chi connectivity index (χ1n) is 8.56. The molecule has 0 aliphatic heterocycles.